The first kappa shape index (κ1) is 15.2. The van der Waals surface area contributed by atoms with E-state index in [0.717, 1.165) is 33.5 Å². The Morgan fingerprint density at radius 3 is 2.48 bits per heavy atom. The number of ether oxygens (including phenoxy) is 1. The second kappa shape index (κ2) is 6.21. The highest BCUT2D eigenvalue weighted by atomic mass is 16.5. The minimum Gasteiger partial charge on any atom is -0.494 e. The van der Waals surface area contributed by atoms with Gasteiger partial charge < -0.3 is 4.74 Å². The van der Waals surface area contributed by atoms with Crippen molar-refractivity contribution in [2.75, 3.05) is 6.61 Å². The second-order valence-electron chi connectivity index (χ2n) is 5.59. The van der Waals surface area contributed by atoms with Crippen LogP contribution in [0.2, 0.25) is 0 Å². The SMILES string of the molecule is CCOc1ccc(-c2cc(C(C)=O)c3ccc(C)cc3n2)cc1. The number of Topliss-reactive ketones (excluding diaryl/α,β-unsaturated/α-hetero) is 1. The molecule has 0 atom stereocenters. The molecule has 0 aliphatic carbocycles. The van der Waals surface area contributed by atoms with Crippen LogP contribution in [-0.4, -0.2) is 17.4 Å². The molecule has 0 bridgehead atoms. The number of fused-ring (bicyclic) bond motifs is 1. The van der Waals surface area contributed by atoms with Crippen molar-refractivity contribution in [1.29, 1.82) is 0 Å². The second-order valence-corrected chi connectivity index (χ2v) is 5.59. The van der Waals surface area contributed by atoms with Crippen LogP contribution in [0.1, 0.15) is 29.8 Å². The lowest BCUT2D eigenvalue weighted by molar-refractivity contribution is 0.101. The summed E-state index contributed by atoms with van der Waals surface area (Å²) < 4.78 is 5.47. The van der Waals surface area contributed by atoms with E-state index < -0.39 is 0 Å². The Morgan fingerprint density at radius 2 is 1.83 bits per heavy atom. The van der Waals surface area contributed by atoms with E-state index >= 15 is 0 Å². The Balaban J connectivity index is 2.15. The van der Waals surface area contributed by atoms with Crippen LogP contribution in [0.4, 0.5) is 0 Å². The van der Waals surface area contributed by atoms with E-state index in [0.29, 0.717) is 12.2 Å². The van der Waals surface area contributed by atoms with Gasteiger partial charge in [-0.2, -0.15) is 0 Å². The lowest BCUT2D eigenvalue weighted by Gasteiger charge is -2.09. The number of ketones is 1. The van der Waals surface area contributed by atoms with Crippen LogP contribution in [0.5, 0.6) is 5.75 Å². The number of benzene rings is 2. The van der Waals surface area contributed by atoms with Gasteiger partial charge in [0.25, 0.3) is 0 Å². The van der Waals surface area contributed by atoms with Gasteiger partial charge in [-0.15, -0.1) is 0 Å². The van der Waals surface area contributed by atoms with Gasteiger partial charge in [0.2, 0.25) is 0 Å². The largest absolute Gasteiger partial charge is 0.494 e. The van der Waals surface area contributed by atoms with E-state index in [1.165, 1.54) is 0 Å². The predicted molar refractivity (Wildman–Crippen MR) is 93.1 cm³/mol. The van der Waals surface area contributed by atoms with E-state index in [-0.39, 0.29) is 5.78 Å². The van der Waals surface area contributed by atoms with Crippen molar-refractivity contribution < 1.29 is 9.53 Å². The minimum atomic E-state index is 0.0495. The maximum Gasteiger partial charge on any atom is 0.160 e. The quantitative estimate of drug-likeness (QED) is 0.649. The van der Waals surface area contributed by atoms with E-state index in [1.54, 1.807) is 6.92 Å². The van der Waals surface area contributed by atoms with Gasteiger partial charge in [-0.05, 0) is 62.7 Å². The lowest BCUT2D eigenvalue weighted by Crippen LogP contribution is -1.98. The van der Waals surface area contributed by atoms with Crippen molar-refractivity contribution in [2.45, 2.75) is 20.8 Å². The van der Waals surface area contributed by atoms with Crippen molar-refractivity contribution in [3.8, 4) is 17.0 Å². The first-order valence-corrected chi connectivity index (χ1v) is 7.74. The number of carbonyl (C=O) groups is 1. The van der Waals surface area contributed by atoms with Gasteiger partial charge in [-0.3, -0.25) is 4.79 Å². The summed E-state index contributed by atoms with van der Waals surface area (Å²) in [6, 6.07) is 15.7. The predicted octanol–water partition coefficient (Wildman–Crippen LogP) is 4.81. The Hall–Kier alpha value is -2.68. The molecule has 3 nitrogen and oxygen atoms in total. The van der Waals surface area contributed by atoms with Crippen molar-refractivity contribution in [1.82, 2.24) is 4.98 Å². The van der Waals surface area contributed by atoms with Gasteiger partial charge in [0.15, 0.2) is 5.78 Å². The summed E-state index contributed by atoms with van der Waals surface area (Å²) in [7, 11) is 0. The fraction of sp³-hybridized carbons (Fsp3) is 0.200. The zero-order chi connectivity index (χ0) is 16.4. The third-order valence-electron chi connectivity index (χ3n) is 3.81. The molecule has 0 N–H and O–H groups in total. The van der Waals surface area contributed by atoms with E-state index in [9.17, 15) is 4.79 Å². The van der Waals surface area contributed by atoms with Crippen LogP contribution in [0.25, 0.3) is 22.2 Å². The molecule has 2 aromatic carbocycles. The van der Waals surface area contributed by atoms with Crippen LogP contribution < -0.4 is 4.74 Å². The number of aryl methyl sites for hydroxylation is 1. The van der Waals surface area contributed by atoms with Crippen molar-refractivity contribution in [3.05, 3.63) is 59.7 Å². The molecule has 0 radical (unpaired) electrons. The smallest absolute Gasteiger partial charge is 0.160 e. The fourth-order valence-electron chi connectivity index (χ4n) is 2.67. The number of pyridine rings is 1. The average Bonchev–Trinajstić information content (AvgIpc) is 2.54. The highest BCUT2D eigenvalue weighted by molar-refractivity contribution is 6.07. The minimum absolute atomic E-state index is 0.0495. The number of nitrogens with zero attached hydrogens (tertiary/aromatic N) is 1. The maximum absolute atomic E-state index is 12.0. The van der Waals surface area contributed by atoms with Crippen molar-refractivity contribution in [2.24, 2.45) is 0 Å². The molecule has 1 aromatic heterocycles. The Kier molecular flexibility index (Phi) is 4.11. The van der Waals surface area contributed by atoms with E-state index in [1.807, 2.05) is 62.4 Å². The first-order valence-electron chi connectivity index (χ1n) is 7.74. The molecule has 0 aliphatic rings. The number of rotatable bonds is 4. The maximum atomic E-state index is 12.0. The summed E-state index contributed by atoms with van der Waals surface area (Å²) in [6.45, 7) is 6.22. The molecule has 1 heterocycles. The molecule has 3 heteroatoms. The molecule has 0 amide bonds. The van der Waals surface area contributed by atoms with Crippen LogP contribution in [0.15, 0.2) is 48.5 Å². The summed E-state index contributed by atoms with van der Waals surface area (Å²) in [5.74, 6) is 0.883. The highest BCUT2D eigenvalue weighted by Gasteiger charge is 2.11. The monoisotopic (exact) mass is 305 g/mol. The Morgan fingerprint density at radius 1 is 1.09 bits per heavy atom. The molecule has 3 aromatic rings. The van der Waals surface area contributed by atoms with Gasteiger partial charge in [0, 0.05) is 16.5 Å². The molecule has 0 saturated carbocycles. The topological polar surface area (TPSA) is 39.2 Å². The normalized spacial score (nSPS) is 10.7. The van der Waals surface area contributed by atoms with Gasteiger partial charge >= 0.3 is 0 Å². The molecule has 0 aliphatic heterocycles. The summed E-state index contributed by atoms with van der Waals surface area (Å²) in [5.41, 5.74) is 4.46. The number of hydrogen-bond acceptors (Lipinski definition) is 3. The van der Waals surface area contributed by atoms with Crippen molar-refractivity contribution >= 4 is 16.7 Å². The number of aromatic nitrogens is 1. The Bertz CT molecular complexity index is 867. The number of carbonyl (C=O) groups excluding carboxylic acids is 1. The average molecular weight is 305 g/mol. The highest BCUT2D eigenvalue weighted by Crippen LogP contribution is 2.27. The molecule has 0 fully saturated rings. The van der Waals surface area contributed by atoms with Crippen LogP contribution in [0, 0.1) is 6.92 Å². The summed E-state index contributed by atoms with van der Waals surface area (Å²) in [5, 5.41) is 0.901. The van der Waals surface area contributed by atoms with Crippen LogP contribution >= 0.6 is 0 Å². The molecule has 0 saturated heterocycles. The fourth-order valence-corrected chi connectivity index (χ4v) is 2.67. The van der Waals surface area contributed by atoms with Gasteiger partial charge in [-0.25, -0.2) is 4.98 Å². The van der Waals surface area contributed by atoms with E-state index in [2.05, 4.69) is 0 Å². The zero-order valence-corrected chi connectivity index (χ0v) is 13.6. The molecular formula is C20H19NO2. The van der Waals surface area contributed by atoms with Gasteiger partial charge in [0.05, 0.1) is 17.8 Å². The van der Waals surface area contributed by atoms with E-state index in [4.69, 9.17) is 9.72 Å². The summed E-state index contributed by atoms with van der Waals surface area (Å²) in [4.78, 5) is 16.8. The standard InChI is InChI=1S/C20H19NO2/c1-4-23-16-8-6-15(7-9-16)19-12-18(14(3)22)17-10-5-13(2)11-20(17)21-19/h5-12H,4H2,1-3H3. The Labute approximate surface area is 135 Å². The molecule has 3 rings (SSSR count). The summed E-state index contributed by atoms with van der Waals surface area (Å²) >= 11 is 0. The van der Waals surface area contributed by atoms with Crippen LogP contribution in [-0.2, 0) is 0 Å². The molecule has 0 unspecified atom stereocenters. The van der Waals surface area contributed by atoms with Gasteiger partial charge in [0.1, 0.15) is 5.75 Å². The molecule has 116 valence electrons. The first-order chi connectivity index (χ1) is 11.1. The molecule has 23 heavy (non-hydrogen) atoms. The van der Waals surface area contributed by atoms with Gasteiger partial charge in [-0.1, -0.05) is 12.1 Å². The lowest BCUT2D eigenvalue weighted by atomic mass is 10.0. The number of hydrogen-bond donors (Lipinski definition) is 0. The molecular weight excluding hydrogens is 286 g/mol. The third kappa shape index (κ3) is 3.09. The summed E-state index contributed by atoms with van der Waals surface area (Å²) in [6.07, 6.45) is 0. The zero-order valence-electron chi connectivity index (χ0n) is 13.6. The van der Waals surface area contributed by atoms with Crippen LogP contribution in [0.3, 0.4) is 0 Å². The molecule has 0 spiro atoms. The van der Waals surface area contributed by atoms with Crippen molar-refractivity contribution in [3.63, 3.8) is 0 Å². The third-order valence-corrected chi connectivity index (χ3v) is 3.81.